The van der Waals surface area contributed by atoms with Gasteiger partial charge in [-0.3, -0.25) is 9.78 Å². The van der Waals surface area contributed by atoms with Crippen LogP contribution in [0.4, 0.5) is 0 Å². The Balaban J connectivity index is 1.96. The molecule has 19 heavy (non-hydrogen) atoms. The largest absolute Gasteiger partial charge is 0.349 e. The van der Waals surface area contributed by atoms with Crippen molar-refractivity contribution in [1.29, 1.82) is 0 Å². The van der Waals surface area contributed by atoms with Gasteiger partial charge in [-0.2, -0.15) is 0 Å². The number of nitrogens with zero attached hydrogens (tertiary/aromatic N) is 1. The van der Waals surface area contributed by atoms with Crippen LogP contribution in [0.5, 0.6) is 0 Å². The summed E-state index contributed by atoms with van der Waals surface area (Å²) < 4.78 is 0. The van der Waals surface area contributed by atoms with Gasteiger partial charge >= 0.3 is 0 Å². The average Bonchev–Trinajstić information content (AvgIpc) is 3.24. The van der Waals surface area contributed by atoms with Crippen molar-refractivity contribution in [3.05, 3.63) is 53.9 Å². The predicted molar refractivity (Wildman–Crippen MR) is 74.9 cm³/mol. The fraction of sp³-hybridized carbons (Fsp3) is 0.250. The Morgan fingerprint density at radius 3 is 2.79 bits per heavy atom. The maximum absolute atomic E-state index is 12.2. The second-order valence-corrected chi connectivity index (χ2v) is 4.97. The van der Waals surface area contributed by atoms with E-state index >= 15 is 0 Å². The number of aromatic nitrogens is 1. The summed E-state index contributed by atoms with van der Waals surface area (Å²) in [5.41, 5.74) is 3.87. The number of amides is 1. The van der Waals surface area contributed by atoms with E-state index in [1.165, 1.54) is 0 Å². The van der Waals surface area contributed by atoms with Crippen LogP contribution < -0.4 is 5.32 Å². The fourth-order valence-corrected chi connectivity index (χ4v) is 2.21. The van der Waals surface area contributed by atoms with Gasteiger partial charge in [-0.05, 0) is 43.0 Å². The van der Waals surface area contributed by atoms with E-state index in [2.05, 4.69) is 10.3 Å². The Labute approximate surface area is 112 Å². The molecule has 3 nitrogen and oxygen atoms in total. The molecule has 3 heteroatoms. The number of carbonyl (C=O) groups excluding carboxylic acids is 1. The molecule has 2 aromatic rings. The average molecular weight is 252 g/mol. The lowest BCUT2D eigenvalue weighted by Gasteiger charge is -2.11. The Kier molecular flexibility index (Phi) is 3.03. The maximum atomic E-state index is 12.2. The summed E-state index contributed by atoms with van der Waals surface area (Å²) in [6.45, 7) is 1.99. The summed E-state index contributed by atoms with van der Waals surface area (Å²) in [6, 6.07) is 10.1. The Morgan fingerprint density at radius 1 is 1.26 bits per heavy atom. The van der Waals surface area contributed by atoms with E-state index in [-0.39, 0.29) is 5.91 Å². The first kappa shape index (κ1) is 11.9. The molecule has 0 radical (unpaired) electrons. The summed E-state index contributed by atoms with van der Waals surface area (Å²) in [5.74, 6) is 0.0331. The summed E-state index contributed by atoms with van der Waals surface area (Å²) in [4.78, 5) is 16.3. The zero-order valence-corrected chi connectivity index (χ0v) is 10.9. The molecule has 1 aliphatic carbocycles. The van der Waals surface area contributed by atoms with E-state index in [0.717, 1.165) is 35.1 Å². The first-order valence-corrected chi connectivity index (χ1v) is 6.56. The van der Waals surface area contributed by atoms with Gasteiger partial charge in [0.15, 0.2) is 0 Å². The van der Waals surface area contributed by atoms with Gasteiger partial charge in [0.25, 0.3) is 5.91 Å². The minimum atomic E-state index is 0.0331. The standard InChI is InChI=1S/C16H16N2O/c1-11-14(12-4-3-9-17-10-12)5-2-6-15(11)16(19)18-13-7-8-13/h2-6,9-10,13H,7-8H2,1H3,(H,18,19). The zero-order valence-electron chi connectivity index (χ0n) is 10.9. The van der Waals surface area contributed by atoms with Gasteiger partial charge in [-0.15, -0.1) is 0 Å². The third-order valence-electron chi connectivity index (χ3n) is 3.46. The molecule has 1 heterocycles. The summed E-state index contributed by atoms with van der Waals surface area (Å²) >= 11 is 0. The Bertz CT molecular complexity index is 603. The molecule has 0 spiro atoms. The van der Waals surface area contributed by atoms with Crippen molar-refractivity contribution in [1.82, 2.24) is 10.3 Å². The molecule has 96 valence electrons. The molecule has 1 aliphatic rings. The van der Waals surface area contributed by atoms with Gasteiger partial charge in [0, 0.05) is 29.6 Å². The van der Waals surface area contributed by atoms with Crippen molar-refractivity contribution in [3.8, 4) is 11.1 Å². The van der Waals surface area contributed by atoms with Gasteiger partial charge in [0.1, 0.15) is 0 Å². The van der Waals surface area contributed by atoms with Gasteiger partial charge in [0.05, 0.1) is 0 Å². The van der Waals surface area contributed by atoms with Crippen LogP contribution in [0.15, 0.2) is 42.7 Å². The van der Waals surface area contributed by atoms with Crippen molar-refractivity contribution in [3.63, 3.8) is 0 Å². The van der Waals surface area contributed by atoms with Crippen LogP contribution in [0.3, 0.4) is 0 Å². The van der Waals surface area contributed by atoms with Crippen LogP contribution in [-0.2, 0) is 0 Å². The van der Waals surface area contributed by atoms with Gasteiger partial charge in [-0.25, -0.2) is 0 Å². The molecule has 1 saturated carbocycles. The lowest BCUT2D eigenvalue weighted by atomic mass is 9.97. The van der Waals surface area contributed by atoms with Crippen molar-refractivity contribution in [2.24, 2.45) is 0 Å². The predicted octanol–water partition coefficient (Wildman–Crippen LogP) is 2.95. The molecule has 0 saturated heterocycles. The Morgan fingerprint density at radius 2 is 2.11 bits per heavy atom. The van der Waals surface area contributed by atoms with E-state index in [1.54, 1.807) is 6.20 Å². The van der Waals surface area contributed by atoms with E-state index in [9.17, 15) is 4.79 Å². The summed E-state index contributed by atoms with van der Waals surface area (Å²) in [6.07, 6.45) is 5.79. The normalized spacial score (nSPS) is 14.2. The molecule has 0 atom stereocenters. The second-order valence-electron chi connectivity index (χ2n) is 4.97. The summed E-state index contributed by atoms with van der Waals surface area (Å²) in [7, 11) is 0. The van der Waals surface area contributed by atoms with Crippen molar-refractivity contribution in [2.75, 3.05) is 0 Å². The molecule has 0 unspecified atom stereocenters. The number of hydrogen-bond donors (Lipinski definition) is 1. The molecule has 3 rings (SSSR count). The lowest BCUT2D eigenvalue weighted by Crippen LogP contribution is -2.26. The van der Waals surface area contributed by atoms with Crippen molar-refractivity contribution >= 4 is 5.91 Å². The van der Waals surface area contributed by atoms with Gasteiger partial charge < -0.3 is 5.32 Å². The molecule has 1 N–H and O–H groups in total. The number of pyridine rings is 1. The van der Waals surface area contributed by atoms with Gasteiger partial charge in [0.2, 0.25) is 0 Å². The molecule has 1 aromatic carbocycles. The highest BCUT2D eigenvalue weighted by atomic mass is 16.1. The van der Waals surface area contributed by atoms with E-state index in [0.29, 0.717) is 6.04 Å². The topological polar surface area (TPSA) is 42.0 Å². The van der Waals surface area contributed by atoms with Crippen molar-refractivity contribution in [2.45, 2.75) is 25.8 Å². The minimum absolute atomic E-state index is 0.0331. The van der Waals surface area contributed by atoms with Crippen LogP contribution in [0.1, 0.15) is 28.8 Å². The highest BCUT2D eigenvalue weighted by Gasteiger charge is 2.24. The SMILES string of the molecule is Cc1c(C(=O)NC2CC2)cccc1-c1cccnc1. The Hall–Kier alpha value is -2.16. The zero-order chi connectivity index (χ0) is 13.2. The molecule has 0 aliphatic heterocycles. The molecule has 1 fully saturated rings. The number of nitrogens with one attached hydrogen (secondary N) is 1. The first-order valence-electron chi connectivity index (χ1n) is 6.56. The minimum Gasteiger partial charge on any atom is -0.349 e. The molecular formula is C16H16N2O. The highest BCUT2D eigenvalue weighted by Crippen LogP contribution is 2.26. The maximum Gasteiger partial charge on any atom is 0.251 e. The number of rotatable bonds is 3. The number of hydrogen-bond acceptors (Lipinski definition) is 2. The number of benzene rings is 1. The lowest BCUT2D eigenvalue weighted by molar-refractivity contribution is 0.0950. The smallest absolute Gasteiger partial charge is 0.251 e. The van der Waals surface area contributed by atoms with Crippen LogP contribution in [-0.4, -0.2) is 16.9 Å². The molecule has 1 amide bonds. The summed E-state index contributed by atoms with van der Waals surface area (Å²) in [5, 5.41) is 3.04. The van der Waals surface area contributed by atoms with Crippen LogP contribution in [0.2, 0.25) is 0 Å². The highest BCUT2D eigenvalue weighted by molar-refractivity contribution is 5.97. The van der Waals surface area contributed by atoms with Gasteiger partial charge in [-0.1, -0.05) is 18.2 Å². The molecular weight excluding hydrogens is 236 g/mol. The number of carbonyl (C=O) groups is 1. The van der Waals surface area contributed by atoms with Crippen LogP contribution in [0.25, 0.3) is 11.1 Å². The van der Waals surface area contributed by atoms with Crippen LogP contribution in [0, 0.1) is 6.92 Å². The quantitative estimate of drug-likeness (QED) is 0.912. The van der Waals surface area contributed by atoms with Crippen LogP contribution >= 0.6 is 0 Å². The van der Waals surface area contributed by atoms with E-state index in [1.807, 2.05) is 43.5 Å². The van der Waals surface area contributed by atoms with E-state index < -0.39 is 0 Å². The third kappa shape index (κ3) is 2.50. The third-order valence-corrected chi connectivity index (χ3v) is 3.46. The molecule has 1 aromatic heterocycles. The van der Waals surface area contributed by atoms with E-state index in [4.69, 9.17) is 0 Å². The monoisotopic (exact) mass is 252 g/mol. The fourth-order valence-electron chi connectivity index (χ4n) is 2.21. The van der Waals surface area contributed by atoms with Crippen molar-refractivity contribution < 1.29 is 4.79 Å². The first-order chi connectivity index (χ1) is 9.25. The second kappa shape index (κ2) is 4.84. The molecule has 0 bridgehead atoms.